The highest BCUT2D eigenvalue weighted by atomic mass is 16.3. The van der Waals surface area contributed by atoms with E-state index < -0.39 is 0 Å². The fraction of sp³-hybridized carbons (Fsp3) is 0.533. The molecule has 5 heteroatoms. The van der Waals surface area contributed by atoms with E-state index in [4.69, 9.17) is 0 Å². The minimum atomic E-state index is -0.123. The summed E-state index contributed by atoms with van der Waals surface area (Å²) in [6.07, 6.45) is 1.83. The number of hydrogen-bond acceptors (Lipinski definition) is 3. The molecule has 0 bridgehead atoms. The maximum atomic E-state index is 12.2. The lowest BCUT2D eigenvalue weighted by atomic mass is 10.1. The second-order valence-corrected chi connectivity index (χ2v) is 5.50. The van der Waals surface area contributed by atoms with E-state index in [9.17, 15) is 9.90 Å². The van der Waals surface area contributed by atoms with E-state index in [2.05, 4.69) is 5.32 Å². The van der Waals surface area contributed by atoms with Crippen molar-refractivity contribution in [3.63, 3.8) is 0 Å². The smallest absolute Gasteiger partial charge is 0.322 e. The van der Waals surface area contributed by atoms with E-state index in [0.717, 1.165) is 29.8 Å². The third kappa shape index (κ3) is 3.04. The largest absolute Gasteiger partial charge is 0.394 e. The highest BCUT2D eigenvalue weighted by Gasteiger charge is 2.28. The molecule has 1 fully saturated rings. The highest BCUT2D eigenvalue weighted by molar-refractivity contribution is 5.90. The number of rotatable bonds is 3. The molecule has 20 heavy (non-hydrogen) atoms. The molecular weight excluding hydrogens is 254 g/mol. The molecule has 0 unspecified atom stereocenters. The Morgan fingerprint density at radius 2 is 2.25 bits per heavy atom. The number of nitrogens with one attached hydrogen (secondary N) is 1. The molecule has 1 aliphatic rings. The summed E-state index contributed by atoms with van der Waals surface area (Å²) in [5.41, 5.74) is 2.96. The van der Waals surface area contributed by atoms with Crippen LogP contribution < -0.4 is 10.2 Å². The molecule has 2 rings (SSSR count). The van der Waals surface area contributed by atoms with Crippen LogP contribution in [-0.2, 0) is 0 Å². The van der Waals surface area contributed by atoms with Crippen molar-refractivity contribution in [2.75, 3.05) is 37.5 Å². The second-order valence-electron chi connectivity index (χ2n) is 5.50. The molecule has 1 aromatic carbocycles. The standard InChI is InChI=1S/C15H23N3O2/c1-11-9-12(17(2)3)6-7-14(11)16-15(20)18-8-4-5-13(18)10-19/h6-7,9,13,19H,4-5,8,10H2,1-3H3,(H,16,20)/t13-/m1/s1. The first-order valence-electron chi connectivity index (χ1n) is 6.99. The van der Waals surface area contributed by atoms with E-state index in [-0.39, 0.29) is 18.7 Å². The van der Waals surface area contributed by atoms with Crippen molar-refractivity contribution >= 4 is 17.4 Å². The lowest BCUT2D eigenvalue weighted by Crippen LogP contribution is -2.40. The summed E-state index contributed by atoms with van der Waals surface area (Å²) in [5, 5.41) is 12.2. The molecule has 2 N–H and O–H groups in total. The number of anilines is 2. The van der Waals surface area contributed by atoms with Crippen molar-refractivity contribution < 1.29 is 9.90 Å². The average Bonchev–Trinajstić information content (AvgIpc) is 2.89. The van der Waals surface area contributed by atoms with Gasteiger partial charge in [0.25, 0.3) is 0 Å². The number of likely N-dealkylation sites (tertiary alicyclic amines) is 1. The van der Waals surface area contributed by atoms with Gasteiger partial charge in [0.2, 0.25) is 0 Å². The van der Waals surface area contributed by atoms with Crippen molar-refractivity contribution in [1.29, 1.82) is 0 Å². The van der Waals surface area contributed by atoms with Gasteiger partial charge in [-0.05, 0) is 43.5 Å². The summed E-state index contributed by atoms with van der Waals surface area (Å²) in [5.74, 6) is 0. The van der Waals surface area contributed by atoms with Crippen LogP contribution in [0.25, 0.3) is 0 Å². The molecule has 1 aliphatic heterocycles. The topological polar surface area (TPSA) is 55.8 Å². The van der Waals surface area contributed by atoms with Gasteiger partial charge in [-0.3, -0.25) is 0 Å². The maximum absolute atomic E-state index is 12.2. The fourth-order valence-electron chi connectivity index (χ4n) is 2.55. The molecule has 1 atom stereocenters. The number of aliphatic hydroxyl groups is 1. The van der Waals surface area contributed by atoms with Gasteiger partial charge in [0, 0.05) is 32.0 Å². The Labute approximate surface area is 120 Å². The number of nitrogens with zero attached hydrogens (tertiary/aromatic N) is 2. The molecule has 0 spiro atoms. The third-order valence-electron chi connectivity index (χ3n) is 3.82. The molecule has 1 saturated heterocycles. The van der Waals surface area contributed by atoms with Gasteiger partial charge >= 0.3 is 6.03 Å². The summed E-state index contributed by atoms with van der Waals surface area (Å²) in [6, 6.07) is 5.78. The van der Waals surface area contributed by atoms with Crippen molar-refractivity contribution in [2.24, 2.45) is 0 Å². The van der Waals surface area contributed by atoms with E-state index in [1.54, 1.807) is 4.90 Å². The predicted octanol–water partition coefficient (Wildman–Crippen LogP) is 2.05. The SMILES string of the molecule is Cc1cc(N(C)C)ccc1NC(=O)N1CCC[C@@H]1CO. The molecule has 1 heterocycles. The fourth-order valence-corrected chi connectivity index (χ4v) is 2.55. The van der Waals surface area contributed by atoms with Gasteiger partial charge in [-0.25, -0.2) is 4.79 Å². The quantitative estimate of drug-likeness (QED) is 0.889. The molecular formula is C15H23N3O2. The van der Waals surface area contributed by atoms with Gasteiger partial charge in [-0.15, -0.1) is 0 Å². The average molecular weight is 277 g/mol. The summed E-state index contributed by atoms with van der Waals surface area (Å²) in [4.78, 5) is 16.0. The summed E-state index contributed by atoms with van der Waals surface area (Å²) in [7, 11) is 3.98. The Hall–Kier alpha value is -1.75. The molecule has 0 saturated carbocycles. The Morgan fingerprint density at radius 1 is 1.50 bits per heavy atom. The van der Waals surface area contributed by atoms with Gasteiger partial charge < -0.3 is 20.2 Å². The van der Waals surface area contributed by atoms with E-state index in [0.29, 0.717) is 6.54 Å². The van der Waals surface area contributed by atoms with Crippen LogP contribution in [0, 0.1) is 6.92 Å². The third-order valence-corrected chi connectivity index (χ3v) is 3.82. The van der Waals surface area contributed by atoms with Crippen LogP contribution in [0.5, 0.6) is 0 Å². The Kier molecular flexibility index (Phi) is 4.49. The van der Waals surface area contributed by atoms with E-state index in [1.807, 2.05) is 44.1 Å². The van der Waals surface area contributed by atoms with Crippen molar-refractivity contribution in [1.82, 2.24) is 4.90 Å². The highest BCUT2D eigenvalue weighted by Crippen LogP contribution is 2.23. The molecule has 1 aromatic rings. The molecule has 0 radical (unpaired) electrons. The van der Waals surface area contributed by atoms with E-state index in [1.165, 1.54) is 0 Å². The number of aryl methyl sites for hydroxylation is 1. The number of carbonyl (C=O) groups excluding carboxylic acids is 1. The minimum Gasteiger partial charge on any atom is -0.394 e. The number of benzene rings is 1. The monoisotopic (exact) mass is 277 g/mol. The first kappa shape index (κ1) is 14.7. The molecule has 0 aromatic heterocycles. The number of urea groups is 1. The zero-order valence-electron chi connectivity index (χ0n) is 12.4. The second kappa shape index (κ2) is 6.13. The van der Waals surface area contributed by atoms with Gasteiger partial charge in [-0.2, -0.15) is 0 Å². The summed E-state index contributed by atoms with van der Waals surface area (Å²) < 4.78 is 0. The van der Waals surface area contributed by atoms with Crippen molar-refractivity contribution in [2.45, 2.75) is 25.8 Å². The number of amides is 2. The van der Waals surface area contributed by atoms with Gasteiger partial charge in [0.15, 0.2) is 0 Å². The molecule has 2 amide bonds. The lowest BCUT2D eigenvalue weighted by molar-refractivity contribution is 0.166. The van der Waals surface area contributed by atoms with E-state index >= 15 is 0 Å². The maximum Gasteiger partial charge on any atom is 0.322 e. The minimum absolute atomic E-state index is 0.0337. The summed E-state index contributed by atoms with van der Waals surface area (Å²) in [6.45, 7) is 2.73. The molecule has 5 nitrogen and oxygen atoms in total. The van der Waals surface area contributed by atoms with Crippen LogP contribution in [0.1, 0.15) is 18.4 Å². The number of hydrogen-bond donors (Lipinski definition) is 2. The lowest BCUT2D eigenvalue weighted by Gasteiger charge is -2.24. The Bertz CT molecular complexity index is 488. The van der Waals surface area contributed by atoms with Crippen LogP contribution >= 0.6 is 0 Å². The van der Waals surface area contributed by atoms with Crippen molar-refractivity contribution in [3.8, 4) is 0 Å². The predicted molar refractivity (Wildman–Crippen MR) is 81.3 cm³/mol. The van der Waals surface area contributed by atoms with Crippen LogP contribution in [0.2, 0.25) is 0 Å². The normalized spacial score (nSPS) is 18.2. The first-order valence-corrected chi connectivity index (χ1v) is 6.99. The summed E-state index contributed by atoms with van der Waals surface area (Å²) >= 11 is 0. The van der Waals surface area contributed by atoms with Gasteiger partial charge in [-0.1, -0.05) is 0 Å². The van der Waals surface area contributed by atoms with Gasteiger partial charge in [0.05, 0.1) is 12.6 Å². The zero-order valence-corrected chi connectivity index (χ0v) is 12.4. The van der Waals surface area contributed by atoms with Crippen LogP contribution in [0.4, 0.5) is 16.2 Å². The van der Waals surface area contributed by atoms with Crippen LogP contribution in [0.15, 0.2) is 18.2 Å². The Morgan fingerprint density at radius 3 is 2.85 bits per heavy atom. The number of carbonyl (C=O) groups is 1. The zero-order chi connectivity index (χ0) is 14.7. The Balaban J connectivity index is 2.08. The first-order chi connectivity index (χ1) is 9.52. The van der Waals surface area contributed by atoms with Crippen molar-refractivity contribution in [3.05, 3.63) is 23.8 Å². The van der Waals surface area contributed by atoms with Crippen LogP contribution in [0.3, 0.4) is 0 Å². The van der Waals surface area contributed by atoms with Crippen LogP contribution in [-0.4, -0.2) is 49.3 Å². The molecule has 110 valence electrons. The molecule has 0 aliphatic carbocycles. The van der Waals surface area contributed by atoms with Gasteiger partial charge in [0.1, 0.15) is 0 Å². The number of aliphatic hydroxyl groups excluding tert-OH is 1.